The molecule has 0 unspecified atom stereocenters. The zero-order valence-corrected chi connectivity index (χ0v) is 13.6. The number of nitrogens with one attached hydrogen (secondary N) is 1. The van der Waals surface area contributed by atoms with Gasteiger partial charge in [-0.3, -0.25) is 4.79 Å². The van der Waals surface area contributed by atoms with Crippen molar-refractivity contribution in [3.8, 4) is 5.75 Å². The van der Waals surface area contributed by atoms with Gasteiger partial charge in [0.1, 0.15) is 5.75 Å². The Kier molecular flexibility index (Phi) is 5.96. The van der Waals surface area contributed by atoms with Crippen molar-refractivity contribution in [3.05, 3.63) is 52.2 Å². The molecule has 0 atom stereocenters. The van der Waals surface area contributed by atoms with E-state index in [9.17, 15) is 31.1 Å². The Labute approximate surface area is 147 Å². The van der Waals surface area contributed by atoms with Gasteiger partial charge < -0.3 is 10.1 Å². The third-order valence-corrected chi connectivity index (χ3v) is 3.74. The van der Waals surface area contributed by atoms with E-state index < -0.39 is 41.9 Å². The van der Waals surface area contributed by atoms with E-state index in [2.05, 4.69) is 10.1 Å². The lowest BCUT2D eigenvalue weighted by Crippen LogP contribution is -2.20. The molecule has 0 spiro atoms. The first-order chi connectivity index (χ1) is 12.0. The molecule has 0 radical (unpaired) electrons. The van der Waals surface area contributed by atoms with E-state index in [1.165, 1.54) is 17.4 Å². The SMILES string of the molecule is O=C(C=Cc1cccs1)Nc1cc(C(F)(F)F)ccc1OCC(F)(F)F. The topological polar surface area (TPSA) is 38.3 Å². The Balaban J connectivity index is 2.22. The number of rotatable bonds is 5. The van der Waals surface area contributed by atoms with Crippen LogP contribution in [0.3, 0.4) is 0 Å². The van der Waals surface area contributed by atoms with Crippen molar-refractivity contribution in [2.24, 2.45) is 0 Å². The highest BCUT2D eigenvalue weighted by molar-refractivity contribution is 7.10. The first kappa shape index (κ1) is 19.8. The summed E-state index contributed by atoms with van der Waals surface area (Å²) >= 11 is 1.33. The zero-order valence-electron chi connectivity index (χ0n) is 12.8. The van der Waals surface area contributed by atoms with Crippen molar-refractivity contribution in [1.82, 2.24) is 0 Å². The second kappa shape index (κ2) is 7.81. The molecule has 1 aromatic carbocycles. The van der Waals surface area contributed by atoms with Crippen molar-refractivity contribution in [2.75, 3.05) is 11.9 Å². The summed E-state index contributed by atoms with van der Waals surface area (Å²) in [5, 5.41) is 3.87. The van der Waals surface area contributed by atoms with E-state index in [0.29, 0.717) is 12.1 Å². The van der Waals surface area contributed by atoms with Gasteiger partial charge in [-0.25, -0.2) is 0 Å². The fourth-order valence-electron chi connectivity index (χ4n) is 1.81. The maximum absolute atomic E-state index is 12.8. The molecule has 2 aromatic rings. The maximum Gasteiger partial charge on any atom is 0.422 e. The van der Waals surface area contributed by atoms with Gasteiger partial charge in [0, 0.05) is 11.0 Å². The van der Waals surface area contributed by atoms with Crippen LogP contribution < -0.4 is 10.1 Å². The molecule has 0 saturated heterocycles. The summed E-state index contributed by atoms with van der Waals surface area (Å²) in [5.74, 6) is -1.33. The van der Waals surface area contributed by atoms with Crippen LogP contribution >= 0.6 is 11.3 Å². The molecule has 0 aliphatic heterocycles. The van der Waals surface area contributed by atoms with Crippen molar-refractivity contribution >= 4 is 29.0 Å². The smallest absolute Gasteiger partial charge is 0.422 e. The number of carbonyl (C=O) groups is 1. The summed E-state index contributed by atoms with van der Waals surface area (Å²) in [5.41, 5.74) is -1.64. The molecule has 1 heterocycles. The number of thiophene rings is 1. The number of anilines is 1. The van der Waals surface area contributed by atoms with E-state index in [1.807, 2.05) is 0 Å². The van der Waals surface area contributed by atoms with Gasteiger partial charge in [0.25, 0.3) is 0 Å². The van der Waals surface area contributed by atoms with Crippen LogP contribution in [-0.2, 0) is 11.0 Å². The van der Waals surface area contributed by atoms with Crippen LogP contribution in [0.1, 0.15) is 10.4 Å². The summed E-state index contributed by atoms with van der Waals surface area (Å²) in [4.78, 5) is 12.6. The number of carbonyl (C=O) groups excluding carboxylic acids is 1. The molecule has 3 nitrogen and oxygen atoms in total. The molecular formula is C16H11F6NO2S. The monoisotopic (exact) mass is 395 g/mol. The van der Waals surface area contributed by atoms with Gasteiger partial charge in [0.15, 0.2) is 6.61 Å². The van der Waals surface area contributed by atoms with Crippen molar-refractivity contribution in [3.63, 3.8) is 0 Å². The Morgan fingerprint density at radius 2 is 1.88 bits per heavy atom. The summed E-state index contributed by atoms with van der Waals surface area (Å²) in [6.07, 6.45) is -6.93. The number of amides is 1. The minimum atomic E-state index is -4.73. The highest BCUT2D eigenvalue weighted by atomic mass is 32.1. The average Bonchev–Trinajstić information content (AvgIpc) is 3.03. The van der Waals surface area contributed by atoms with Crippen LogP contribution in [0.5, 0.6) is 5.75 Å². The lowest BCUT2D eigenvalue weighted by atomic mass is 10.1. The zero-order chi connectivity index (χ0) is 19.4. The minimum Gasteiger partial charge on any atom is -0.482 e. The molecule has 1 aromatic heterocycles. The van der Waals surface area contributed by atoms with E-state index in [1.54, 1.807) is 17.5 Å². The second-order valence-corrected chi connectivity index (χ2v) is 5.93. The summed E-state index contributed by atoms with van der Waals surface area (Å²) in [7, 11) is 0. The number of alkyl halides is 6. The summed E-state index contributed by atoms with van der Waals surface area (Å²) in [6, 6.07) is 5.26. The number of benzene rings is 1. The van der Waals surface area contributed by atoms with E-state index >= 15 is 0 Å². The van der Waals surface area contributed by atoms with Crippen LogP contribution in [0.2, 0.25) is 0 Å². The van der Waals surface area contributed by atoms with Gasteiger partial charge in [-0.2, -0.15) is 26.3 Å². The van der Waals surface area contributed by atoms with Crippen molar-refractivity contribution in [1.29, 1.82) is 0 Å². The van der Waals surface area contributed by atoms with Gasteiger partial charge >= 0.3 is 12.4 Å². The minimum absolute atomic E-state index is 0.509. The first-order valence-electron chi connectivity index (χ1n) is 6.98. The van der Waals surface area contributed by atoms with Crippen LogP contribution in [-0.4, -0.2) is 18.7 Å². The Hall–Kier alpha value is -2.49. The number of hydrogen-bond acceptors (Lipinski definition) is 3. The molecular weight excluding hydrogens is 384 g/mol. The number of ether oxygens (including phenoxy) is 1. The second-order valence-electron chi connectivity index (χ2n) is 4.95. The molecule has 0 aliphatic carbocycles. The van der Waals surface area contributed by atoms with Gasteiger partial charge in [-0.05, 0) is 35.7 Å². The van der Waals surface area contributed by atoms with Gasteiger partial charge in [0.05, 0.1) is 11.3 Å². The molecule has 26 heavy (non-hydrogen) atoms. The predicted molar refractivity (Wildman–Crippen MR) is 85.0 cm³/mol. The maximum atomic E-state index is 12.8. The molecule has 1 N–H and O–H groups in total. The quantitative estimate of drug-likeness (QED) is 0.547. The van der Waals surface area contributed by atoms with Gasteiger partial charge in [-0.1, -0.05) is 6.07 Å². The number of halogens is 6. The highest BCUT2D eigenvalue weighted by Gasteiger charge is 2.32. The van der Waals surface area contributed by atoms with Crippen LogP contribution in [0.15, 0.2) is 41.8 Å². The molecule has 0 fully saturated rings. The van der Waals surface area contributed by atoms with Crippen LogP contribution in [0.25, 0.3) is 6.08 Å². The number of hydrogen-bond donors (Lipinski definition) is 1. The molecule has 0 aliphatic rings. The fraction of sp³-hybridized carbons (Fsp3) is 0.188. The molecule has 0 saturated carbocycles. The van der Waals surface area contributed by atoms with Gasteiger partial charge in [0.2, 0.25) is 5.91 Å². The van der Waals surface area contributed by atoms with Crippen LogP contribution in [0, 0.1) is 0 Å². The normalized spacial score (nSPS) is 12.4. The third-order valence-electron chi connectivity index (χ3n) is 2.90. The molecule has 0 bridgehead atoms. The van der Waals surface area contributed by atoms with Crippen LogP contribution in [0.4, 0.5) is 32.0 Å². The highest BCUT2D eigenvalue weighted by Crippen LogP contribution is 2.35. The largest absolute Gasteiger partial charge is 0.482 e. The van der Waals surface area contributed by atoms with E-state index in [0.717, 1.165) is 17.0 Å². The van der Waals surface area contributed by atoms with Crippen molar-refractivity contribution in [2.45, 2.75) is 12.4 Å². The summed E-state index contributed by atoms with van der Waals surface area (Å²) in [6.45, 7) is -1.70. The average molecular weight is 395 g/mol. The molecule has 140 valence electrons. The summed E-state index contributed by atoms with van der Waals surface area (Å²) < 4.78 is 79.7. The van der Waals surface area contributed by atoms with Crippen molar-refractivity contribution < 1.29 is 35.9 Å². The Morgan fingerprint density at radius 3 is 2.46 bits per heavy atom. The van der Waals surface area contributed by atoms with E-state index in [-0.39, 0.29) is 0 Å². The molecule has 10 heteroatoms. The lowest BCUT2D eigenvalue weighted by molar-refractivity contribution is -0.153. The van der Waals surface area contributed by atoms with E-state index in [4.69, 9.17) is 0 Å². The molecule has 1 amide bonds. The standard InChI is InChI=1S/C16H11F6NO2S/c17-15(18,19)9-25-13-5-3-10(16(20,21)22)8-12(13)23-14(24)6-4-11-2-1-7-26-11/h1-8H,9H2,(H,23,24). The molecule has 2 rings (SSSR count). The third kappa shape index (κ3) is 6.10. The Morgan fingerprint density at radius 1 is 1.15 bits per heavy atom. The van der Waals surface area contributed by atoms with Gasteiger partial charge in [-0.15, -0.1) is 11.3 Å². The lowest BCUT2D eigenvalue weighted by Gasteiger charge is -2.15. The fourth-order valence-corrected chi connectivity index (χ4v) is 2.43. The predicted octanol–water partition coefficient (Wildman–Crippen LogP) is 5.36. The Bertz CT molecular complexity index is 781. The first-order valence-corrected chi connectivity index (χ1v) is 7.86.